The molecular weight excluding hydrogens is 206 g/mol. The normalized spacial score (nSPS) is 9.50. The Morgan fingerprint density at radius 3 is 2.93 bits per heavy atom. The number of benzene rings is 1. The molecule has 0 unspecified atom stereocenters. The van der Waals surface area contributed by atoms with Crippen LogP contribution in [0, 0.1) is 10.1 Å². The van der Waals surface area contributed by atoms with Crippen molar-refractivity contribution in [1.82, 2.24) is 0 Å². The van der Waals surface area contributed by atoms with Gasteiger partial charge in [-0.05, 0) is 12.1 Å². The third kappa shape index (κ3) is 2.47. The molecule has 0 aromatic heterocycles. The van der Waals surface area contributed by atoms with Gasteiger partial charge in [0.05, 0.1) is 4.92 Å². The highest BCUT2D eigenvalue weighted by molar-refractivity contribution is 6.30. The molecule has 0 bridgehead atoms. The van der Waals surface area contributed by atoms with E-state index < -0.39 is 4.92 Å². The molecule has 0 atom stereocenters. The van der Waals surface area contributed by atoms with Crippen LogP contribution in [0.5, 0.6) is 5.75 Å². The topological polar surface area (TPSA) is 52.4 Å². The first-order valence-electron chi connectivity index (χ1n) is 3.83. The van der Waals surface area contributed by atoms with Crippen molar-refractivity contribution in [3.63, 3.8) is 0 Å². The van der Waals surface area contributed by atoms with E-state index in [4.69, 9.17) is 16.3 Å². The van der Waals surface area contributed by atoms with E-state index in [0.717, 1.165) is 0 Å². The van der Waals surface area contributed by atoms with E-state index >= 15 is 0 Å². The molecule has 14 heavy (non-hydrogen) atoms. The molecule has 5 heteroatoms. The number of ether oxygens (including phenoxy) is 1. The van der Waals surface area contributed by atoms with E-state index in [1.165, 1.54) is 24.3 Å². The van der Waals surface area contributed by atoms with Crippen molar-refractivity contribution in [2.24, 2.45) is 0 Å². The highest BCUT2D eigenvalue weighted by Crippen LogP contribution is 2.29. The molecule has 0 N–H and O–H groups in total. The molecule has 0 saturated carbocycles. The Bertz CT molecular complexity index is 365. The maximum Gasteiger partial charge on any atom is 0.312 e. The predicted octanol–water partition coefficient (Wildman–Crippen LogP) is 2.81. The quantitative estimate of drug-likeness (QED) is 0.439. The summed E-state index contributed by atoms with van der Waals surface area (Å²) in [5.41, 5.74) is -0.139. The fourth-order valence-corrected chi connectivity index (χ4v) is 1.07. The lowest BCUT2D eigenvalue weighted by Crippen LogP contribution is -1.97. The van der Waals surface area contributed by atoms with Crippen molar-refractivity contribution in [2.45, 2.75) is 0 Å². The number of rotatable bonds is 4. The zero-order chi connectivity index (χ0) is 10.6. The molecule has 0 amide bonds. The summed E-state index contributed by atoms with van der Waals surface area (Å²) >= 11 is 5.61. The second-order valence-corrected chi connectivity index (χ2v) is 2.91. The summed E-state index contributed by atoms with van der Waals surface area (Å²) in [6.07, 6.45) is 1.51. The summed E-state index contributed by atoms with van der Waals surface area (Å²) in [7, 11) is 0. The Morgan fingerprint density at radius 1 is 1.64 bits per heavy atom. The number of hydrogen-bond donors (Lipinski definition) is 0. The van der Waals surface area contributed by atoms with E-state index in [-0.39, 0.29) is 18.0 Å². The summed E-state index contributed by atoms with van der Waals surface area (Å²) < 4.78 is 5.08. The molecule has 1 rings (SSSR count). The van der Waals surface area contributed by atoms with Crippen LogP contribution in [0.25, 0.3) is 0 Å². The van der Waals surface area contributed by atoms with E-state index in [0.29, 0.717) is 5.02 Å². The molecule has 4 nitrogen and oxygen atoms in total. The number of nitro groups is 1. The summed E-state index contributed by atoms with van der Waals surface area (Å²) in [6, 6.07) is 4.25. The summed E-state index contributed by atoms with van der Waals surface area (Å²) in [6.45, 7) is 3.67. The molecule has 0 radical (unpaired) electrons. The largest absolute Gasteiger partial charge is 0.483 e. The molecule has 0 aliphatic carbocycles. The fraction of sp³-hybridized carbons (Fsp3) is 0.111. The lowest BCUT2D eigenvalue weighted by atomic mass is 10.3. The molecule has 0 spiro atoms. The Labute approximate surface area is 85.9 Å². The van der Waals surface area contributed by atoms with Gasteiger partial charge in [-0.1, -0.05) is 24.3 Å². The lowest BCUT2D eigenvalue weighted by Gasteiger charge is -2.03. The number of halogens is 1. The monoisotopic (exact) mass is 213 g/mol. The Kier molecular flexibility index (Phi) is 3.48. The van der Waals surface area contributed by atoms with Gasteiger partial charge in [-0.2, -0.15) is 0 Å². The average molecular weight is 214 g/mol. The van der Waals surface area contributed by atoms with Gasteiger partial charge >= 0.3 is 5.69 Å². The molecule has 0 aliphatic heterocycles. The maximum absolute atomic E-state index is 10.6. The minimum absolute atomic E-state index is 0.139. The summed E-state index contributed by atoms with van der Waals surface area (Å²) in [4.78, 5) is 10.0. The van der Waals surface area contributed by atoms with Gasteiger partial charge in [-0.25, -0.2) is 0 Å². The molecule has 1 aromatic carbocycles. The molecule has 0 fully saturated rings. The van der Waals surface area contributed by atoms with Gasteiger partial charge < -0.3 is 4.74 Å². The third-order valence-corrected chi connectivity index (χ3v) is 1.71. The van der Waals surface area contributed by atoms with Crippen LogP contribution in [-0.4, -0.2) is 11.5 Å². The van der Waals surface area contributed by atoms with Gasteiger partial charge in [0.25, 0.3) is 0 Å². The molecule has 0 heterocycles. The summed E-state index contributed by atoms with van der Waals surface area (Å²) in [5.74, 6) is 0.194. The van der Waals surface area contributed by atoms with Gasteiger partial charge in [-0.15, -0.1) is 0 Å². The molecule has 74 valence electrons. The van der Waals surface area contributed by atoms with Crippen LogP contribution in [0.1, 0.15) is 0 Å². The molecular formula is C9H8ClNO3. The number of nitro benzene ring substituents is 1. The van der Waals surface area contributed by atoms with Crippen molar-refractivity contribution < 1.29 is 9.66 Å². The van der Waals surface area contributed by atoms with Gasteiger partial charge in [0, 0.05) is 11.1 Å². The zero-order valence-corrected chi connectivity index (χ0v) is 8.03. The first kappa shape index (κ1) is 10.5. The first-order chi connectivity index (χ1) is 6.65. The number of hydrogen-bond acceptors (Lipinski definition) is 3. The van der Waals surface area contributed by atoms with Crippen LogP contribution in [0.4, 0.5) is 5.69 Å². The predicted molar refractivity (Wildman–Crippen MR) is 53.8 cm³/mol. The second kappa shape index (κ2) is 4.62. The average Bonchev–Trinajstić information content (AvgIpc) is 2.15. The zero-order valence-electron chi connectivity index (χ0n) is 7.27. The van der Waals surface area contributed by atoms with Gasteiger partial charge in [0.2, 0.25) is 0 Å². The molecule has 0 aliphatic rings. The maximum atomic E-state index is 10.6. The van der Waals surface area contributed by atoms with Crippen LogP contribution in [-0.2, 0) is 0 Å². The van der Waals surface area contributed by atoms with Crippen LogP contribution < -0.4 is 4.74 Å². The Morgan fingerprint density at radius 2 is 2.36 bits per heavy atom. The standard InChI is InChI=1S/C9H8ClNO3/c1-2-5-14-9-4-3-7(10)6-8(9)11(12)13/h2-4,6H,1,5H2. The number of nitrogens with zero attached hydrogens (tertiary/aromatic N) is 1. The van der Waals surface area contributed by atoms with Gasteiger partial charge in [0.15, 0.2) is 5.75 Å². The van der Waals surface area contributed by atoms with Crippen LogP contribution in [0.15, 0.2) is 30.9 Å². The minimum Gasteiger partial charge on any atom is -0.483 e. The van der Waals surface area contributed by atoms with E-state index in [9.17, 15) is 10.1 Å². The van der Waals surface area contributed by atoms with Crippen molar-refractivity contribution in [3.8, 4) is 5.75 Å². The van der Waals surface area contributed by atoms with Gasteiger partial charge in [0.1, 0.15) is 6.61 Å². The van der Waals surface area contributed by atoms with Crippen molar-refractivity contribution in [3.05, 3.63) is 46.0 Å². The van der Waals surface area contributed by atoms with Crippen LogP contribution in [0.3, 0.4) is 0 Å². The Balaban J connectivity index is 3.01. The smallest absolute Gasteiger partial charge is 0.312 e. The minimum atomic E-state index is -0.537. The van der Waals surface area contributed by atoms with Crippen molar-refractivity contribution >= 4 is 17.3 Å². The second-order valence-electron chi connectivity index (χ2n) is 2.47. The highest BCUT2D eigenvalue weighted by Gasteiger charge is 2.14. The van der Waals surface area contributed by atoms with E-state index in [1.54, 1.807) is 0 Å². The Hall–Kier alpha value is -1.55. The molecule has 1 aromatic rings. The van der Waals surface area contributed by atoms with Crippen molar-refractivity contribution in [2.75, 3.05) is 6.61 Å². The van der Waals surface area contributed by atoms with E-state index in [2.05, 4.69) is 6.58 Å². The first-order valence-corrected chi connectivity index (χ1v) is 4.20. The van der Waals surface area contributed by atoms with Crippen LogP contribution in [0.2, 0.25) is 5.02 Å². The molecule has 0 saturated heterocycles. The lowest BCUT2D eigenvalue weighted by molar-refractivity contribution is -0.385. The highest BCUT2D eigenvalue weighted by atomic mass is 35.5. The fourth-order valence-electron chi connectivity index (χ4n) is 0.904. The third-order valence-electron chi connectivity index (χ3n) is 1.47. The van der Waals surface area contributed by atoms with Crippen LogP contribution >= 0.6 is 11.6 Å². The van der Waals surface area contributed by atoms with E-state index in [1.807, 2.05) is 0 Å². The SMILES string of the molecule is C=CCOc1ccc(Cl)cc1[N+](=O)[O-]. The summed E-state index contributed by atoms with van der Waals surface area (Å²) in [5, 5.41) is 10.9. The van der Waals surface area contributed by atoms with Crippen molar-refractivity contribution in [1.29, 1.82) is 0 Å². The van der Waals surface area contributed by atoms with Gasteiger partial charge in [-0.3, -0.25) is 10.1 Å².